The van der Waals surface area contributed by atoms with Crippen molar-refractivity contribution < 1.29 is 9.53 Å². The molecule has 5 nitrogen and oxygen atoms in total. The molecule has 1 spiro atoms. The van der Waals surface area contributed by atoms with Crippen LogP contribution in [0.4, 0.5) is 0 Å². The molecule has 3 heterocycles. The average Bonchev–Trinajstić information content (AvgIpc) is 3.17. The van der Waals surface area contributed by atoms with E-state index in [1.165, 1.54) is 22.9 Å². The van der Waals surface area contributed by atoms with Gasteiger partial charge < -0.3 is 15.4 Å². The molecule has 0 bridgehead atoms. The van der Waals surface area contributed by atoms with Gasteiger partial charge in [-0.2, -0.15) is 4.99 Å². The summed E-state index contributed by atoms with van der Waals surface area (Å²) >= 11 is 1.46. The zero-order valence-electron chi connectivity index (χ0n) is 14.2. The molecule has 0 saturated carbocycles. The van der Waals surface area contributed by atoms with Crippen molar-refractivity contribution in [1.29, 1.82) is 0 Å². The van der Waals surface area contributed by atoms with Crippen molar-refractivity contribution in [1.82, 2.24) is 4.90 Å². The number of likely N-dealkylation sites (tertiary alicyclic amines) is 1. The van der Waals surface area contributed by atoms with Crippen molar-refractivity contribution in [2.45, 2.75) is 32.0 Å². The Morgan fingerprint density at radius 1 is 1.36 bits per heavy atom. The molecule has 0 aliphatic carbocycles. The van der Waals surface area contributed by atoms with E-state index in [0.717, 1.165) is 36.7 Å². The fraction of sp³-hybridized carbons (Fsp3) is 0.444. The van der Waals surface area contributed by atoms with E-state index in [-0.39, 0.29) is 23.9 Å². The number of rotatable bonds is 1. The molecular formula is C18H22ClN3O2S. The fourth-order valence-electron chi connectivity index (χ4n) is 3.65. The van der Waals surface area contributed by atoms with Crippen molar-refractivity contribution in [3.05, 3.63) is 45.9 Å². The smallest absolute Gasteiger partial charge is 0.286 e. The topological polar surface area (TPSA) is 67.9 Å². The van der Waals surface area contributed by atoms with E-state index >= 15 is 0 Å². The predicted molar refractivity (Wildman–Crippen MR) is 103 cm³/mol. The number of aliphatic imine (C=N–C) groups is 1. The van der Waals surface area contributed by atoms with Crippen molar-refractivity contribution in [2.75, 3.05) is 19.6 Å². The Morgan fingerprint density at radius 3 is 2.80 bits per heavy atom. The number of thioether (sulfide) groups is 1. The Morgan fingerprint density at radius 2 is 2.08 bits per heavy atom. The Hall–Kier alpha value is -1.34. The van der Waals surface area contributed by atoms with Gasteiger partial charge in [0.05, 0.1) is 17.1 Å². The molecule has 134 valence electrons. The van der Waals surface area contributed by atoms with Gasteiger partial charge in [-0.25, -0.2) is 0 Å². The van der Waals surface area contributed by atoms with Crippen LogP contribution >= 0.6 is 24.2 Å². The highest BCUT2D eigenvalue weighted by Crippen LogP contribution is 2.45. The van der Waals surface area contributed by atoms with Crippen LogP contribution in [-0.4, -0.2) is 35.6 Å². The molecule has 1 aromatic carbocycles. The molecule has 3 aliphatic heterocycles. The Balaban J connectivity index is 0.00000182. The number of piperidine rings is 1. The van der Waals surface area contributed by atoms with Gasteiger partial charge in [-0.15, -0.1) is 12.4 Å². The number of benzene rings is 1. The van der Waals surface area contributed by atoms with Crippen LogP contribution in [0.5, 0.6) is 0 Å². The number of ether oxygens (including phenoxy) is 1. The minimum atomic E-state index is -0.160. The summed E-state index contributed by atoms with van der Waals surface area (Å²) in [7, 11) is 0. The quantitative estimate of drug-likeness (QED) is 0.760. The van der Waals surface area contributed by atoms with Gasteiger partial charge in [-0.05, 0) is 48.2 Å². The van der Waals surface area contributed by atoms with Crippen molar-refractivity contribution in [3.8, 4) is 0 Å². The molecule has 1 fully saturated rings. The van der Waals surface area contributed by atoms with E-state index < -0.39 is 0 Å². The van der Waals surface area contributed by atoms with Crippen LogP contribution in [-0.2, 0) is 21.7 Å². The molecule has 4 rings (SSSR count). The Kier molecular flexibility index (Phi) is 5.25. The number of hydrogen-bond acceptors (Lipinski definition) is 5. The Bertz CT molecular complexity index is 754. The molecule has 1 amide bonds. The number of nitrogens with two attached hydrogens (primary N) is 1. The molecule has 3 aliphatic rings. The largest absolute Gasteiger partial charge is 0.365 e. The van der Waals surface area contributed by atoms with Crippen LogP contribution in [0.1, 0.15) is 30.9 Å². The zero-order valence-corrected chi connectivity index (χ0v) is 15.8. The van der Waals surface area contributed by atoms with E-state index in [2.05, 4.69) is 34.2 Å². The average molecular weight is 380 g/mol. The van der Waals surface area contributed by atoms with Crippen LogP contribution in [0, 0.1) is 0 Å². The number of hydrogen-bond donors (Lipinski definition) is 1. The van der Waals surface area contributed by atoms with Gasteiger partial charge in [-0.3, -0.25) is 4.79 Å². The third-order valence-corrected chi connectivity index (χ3v) is 6.39. The summed E-state index contributed by atoms with van der Waals surface area (Å²) in [5, 5.41) is 0.809. The SMILES string of the molecule is C/C(CN)=C1\SC(N2CCC3(CC2)OCc2ccccc23)=NC1=O.Cl. The molecular weight excluding hydrogens is 358 g/mol. The van der Waals surface area contributed by atoms with Gasteiger partial charge in [0.15, 0.2) is 5.17 Å². The van der Waals surface area contributed by atoms with Crippen LogP contribution in [0.25, 0.3) is 0 Å². The summed E-state index contributed by atoms with van der Waals surface area (Å²) in [6.07, 6.45) is 1.85. The van der Waals surface area contributed by atoms with Gasteiger partial charge in [-0.1, -0.05) is 24.3 Å². The number of nitrogens with zero attached hydrogens (tertiary/aromatic N) is 2. The number of amides is 1. The van der Waals surface area contributed by atoms with Crippen LogP contribution in [0.3, 0.4) is 0 Å². The van der Waals surface area contributed by atoms with E-state index in [1.807, 2.05) is 6.92 Å². The second-order valence-corrected chi connectivity index (χ2v) is 7.52. The maximum Gasteiger partial charge on any atom is 0.286 e. The lowest BCUT2D eigenvalue weighted by molar-refractivity contribution is -0.113. The van der Waals surface area contributed by atoms with Gasteiger partial charge in [0.25, 0.3) is 5.91 Å². The van der Waals surface area contributed by atoms with Crippen LogP contribution in [0.15, 0.2) is 39.7 Å². The molecule has 2 N–H and O–H groups in total. The maximum atomic E-state index is 12.1. The van der Waals surface area contributed by atoms with Gasteiger partial charge in [0, 0.05) is 19.6 Å². The van der Waals surface area contributed by atoms with Gasteiger partial charge >= 0.3 is 0 Å². The summed E-state index contributed by atoms with van der Waals surface area (Å²) in [5.41, 5.74) is 9.04. The Labute approximate surface area is 158 Å². The minimum absolute atomic E-state index is 0. The lowest BCUT2D eigenvalue weighted by Gasteiger charge is -2.39. The van der Waals surface area contributed by atoms with E-state index in [0.29, 0.717) is 18.1 Å². The fourth-order valence-corrected chi connectivity index (χ4v) is 4.66. The lowest BCUT2D eigenvalue weighted by Crippen LogP contribution is -2.44. The first-order chi connectivity index (χ1) is 11.6. The third kappa shape index (κ3) is 3.12. The van der Waals surface area contributed by atoms with Crippen molar-refractivity contribution in [2.24, 2.45) is 10.7 Å². The summed E-state index contributed by atoms with van der Waals surface area (Å²) < 4.78 is 6.19. The number of carbonyl (C=O) groups is 1. The van der Waals surface area contributed by atoms with Crippen molar-refractivity contribution >= 4 is 35.2 Å². The standard InChI is InChI=1S/C18H21N3O2S.ClH/c1-12(10-19)15-16(22)20-17(24-15)21-8-6-18(7-9-21)14-5-3-2-4-13(14)11-23-18;/h2-5H,6-11,19H2,1H3;1H/b15-12+;. The monoisotopic (exact) mass is 379 g/mol. The first-order valence-electron chi connectivity index (χ1n) is 8.31. The normalized spacial score (nSPS) is 23.4. The molecule has 0 radical (unpaired) electrons. The number of halogens is 1. The second-order valence-electron chi connectivity index (χ2n) is 6.54. The lowest BCUT2D eigenvalue weighted by atomic mass is 9.84. The second kappa shape index (κ2) is 7.11. The van der Waals surface area contributed by atoms with Gasteiger partial charge in [0.1, 0.15) is 0 Å². The van der Waals surface area contributed by atoms with E-state index in [9.17, 15) is 4.79 Å². The van der Waals surface area contributed by atoms with Gasteiger partial charge in [0.2, 0.25) is 0 Å². The van der Waals surface area contributed by atoms with Crippen LogP contribution in [0.2, 0.25) is 0 Å². The predicted octanol–water partition coefficient (Wildman–Crippen LogP) is 2.79. The molecule has 1 saturated heterocycles. The molecule has 7 heteroatoms. The zero-order chi connectivity index (χ0) is 16.7. The van der Waals surface area contributed by atoms with Crippen molar-refractivity contribution in [3.63, 3.8) is 0 Å². The highest BCUT2D eigenvalue weighted by molar-refractivity contribution is 8.18. The molecule has 0 unspecified atom stereocenters. The van der Waals surface area contributed by atoms with Crippen LogP contribution < -0.4 is 5.73 Å². The minimum Gasteiger partial charge on any atom is -0.365 e. The molecule has 25 heavy (non-hydrogen) atoms. The summed E-state index contributed by atoms with van der Waals surface area (Å²) in [5.74, 6) is -0.152. The number of fused-ring (bicyclic) bond motifs is 2. The first-order valence-corrected chi connectivity index (χ1v) is 9.12. The third-order valence-electron chi connectivity index (χ3n) is 5.13. The highest BCUT2D eigenvalue weighted by atomic mass is 35.5. The number of amidine groups is 1. The summed E-state index contributed by atoms with van der Waals surface area (Å²) in [4.78, 5) is 19.2. The molecule has 1 aromatic rings. The first kappa shape index (κ1) is 18.5. The summed E-state index contributed by atoms with van der Waals surface area (Å²) in [6.45, 7) is 4.69. The summed E-state index contributed by atoms with van der Waals surface area (Å²) in [6, 6.07) is 8.50. The number of carbonyl (C=O) groups excluding carboxylic acids is 1. The highest BCUT2D eigenvalue weighted by Gasteiger charge is 2.43. The molecule has 0 atom stereocenters. The van der Waals surface area contributed by atoms with E-state index in [4.69, 9.17) is 10.5 Å². The maximum absolute atomic E-state index is 12.1. The molecule has 0 aromatic heterocycles. The van der Waals surface area contributed by atoms with E-state index in [1.54, 1.807) is 0 Å².